The molecule has 102 valence electrons. The lowest BCUT2D eigenvalue weighted by molar-refractivity contribution is 0.225. The fraction of sp³-hybridized carbons (Fsp3) is 0.600. The second kappa shape index (κ2) is 8.54. The van der Waals surface area contributed by atoms with Gasteiger partial charge >= 0.3 is 0 Å². The van der Waals surface area contributed by atoms with E-state index in [-0.39, 0.29) is 0 Å². The second-order valence-electron chi connectivity index (χ2n) is 4.77. The van der Waals surface area contributed by atoms with Crippen LogP contribution in [0.5, 0.6) is 5.75 Å². The van der Waals surface area contributed by atoms with E-state index < -0.39 is 0 Å². The average molecular weight is 314 g/mol. The van der Waals surface area contributed by atoms with E-state index in [1.807, 2.05) is 12.1 Å². The third-order valence-electron chi connectivity index (χ3n) is 3.16. The van der Waals surface area contributed by atoms with Gasteiger partial charge in [-0.25, -0.2) is 0 Å². The Morgan fingerprint density at radius 1 is 1.17 bits per heavy atom. The molecule has 0 amide bonds. The first-order chi connectivity index (χ1) is 8.67. The van der Waals surface area contributed by atoms with Crippen LogP contribution in [0.2, 0.25) is 0 Å². The predicted octanol–water partition coefficient (Wildman–Crippen LogP) is 3.73. The molecular weight excluding hydrogens is 290 g/mol. The van der Waals surface area contributed by atoms with E-state index >= 15 is 0 Å². The smallest absolute Gasteiger partial charge is 0.118 e. The van der Waals surface area contributed by atoms with Gasteiger partial charge in [-0.1, -0.05) is 28.1 Å². The van der Waals surface area contributed by atoms with Crippen molar-refractivity contribution in [2.75, 3.05) is 25.5 Å². The van der Waals surface area contributed by atoms with Crippen LogP contribution < -0.4 is 4.74 Å². The molecular formula is C15H24BrNO. The molecule has 0 N–H and O–H groups in total. The summed E-state index contributed by atoms with van der Waals surface area (Å²) < 4.78 is 5.17. The Kier molecular flexibility index (Phi) is 7.36. The number of ether oxygens (including phenoxy) is 1. The number of alkyl halides is 1. The molecule has 1 aromatic rings. The zero-order valence-electron chi connectivity index (χ0n) is 11.7. The van der Waals surface area contributed by atoms with Crippen LogP contribution >= 0.6 is 15.9 Å². The minimum Gasteiger partial charge on any atom is -0.497 e. The van der Waals surface area contributed by atoms with E-state index in [1.54, 1.807) is 7.11 Å². The van der Waals surface area contributed by atoms with Crippen molar-refractivity contribution in [3.8, 4) is 5.75 Å². The number of hydrogen-bond donors (Lipinski definition) is 0. The summed E-state index contributed by atoms with van der Waals surface area (Å²) in [4.78, 5) is 2.53. The summed E-state index contributed by atoms with van der Waals surface area (Å²) in [7, 11) is 1.70. The maximum atomic E-state index is 5.17. The van der Waals surface area contributed by atoms with Crippen LogP contribution in [0.15, 0.2) is 24.3 Å². The van der Waals surface area contributed by atoms with Crippen molar-refractivity contribution >= 4 is 15.9 Å². The number of hydrogen-bond acceptors (Lipinski definition) is 2. The van der Waals surface area contributed by atoms with Gasteiger partial charge < -0.3 is 9.64 Å². The molecule has 0 fully saturated rings. The maximum absolute atomic E-state index is 5.17. The SMILES string of the molecule is COc1ccc(CCN(CCCBr)C(C)C)cc1. The van der Waals surface area contributed by atoms with Gasteiger partial charge in [0.05, 0.1) is 7.11 Å². The number of benzene rings is 1. The van der Waals surface area contributed by atoms with Crippen LogP contribution in [0.1, 0.15) is 25.8 Å². The fourth-order valence-electron chi connectivity index (χ4n) is 1.96. The zero-order valence-corrected chi connectivity index (χ0v) is 13.2. The molecule has 0 atom stereocenters. The van der Waals surface area contributed by atoms with Gasteiger partial charge in [0.25, 0.3) is 0 Å². The molecule has 0 heterocycles. The Balaban J connectivity index is 2.44. The van der Waals surface area contributed by atoms with Gasteiger partial charge in [-0.2, -0.15) is 0 Å². The van der Waals surface area contributed by atoms with Crippen LogP contribution in [-0.2, 0) is 6.42 Å². The molecule has 1 aromatic carbocycles. The lowest BCUT2D eigenvalue weighted by atomic mass is 10.1. The van der Waals surface area contributed by atoms with Crippen molar-refractivity contribution in [3.05, 3.63) is 29.8 Å². The van der Waals surface area contributed by atoms with Crippen LogP contribution in [0.3, 0.4) is 0 Å². The third kappa shape index (κ3) is 5.40. The average Bonchev–Trinajstić information content (AvgIpc) is 2.39. The molecule has 0 aromatic heterocycles. The maximum Gasteiger partial charge on any atom is 0.118 e. The quantitative estimate of drug-likeness (QED) is 0.678. The van der Waals surface area contributed by atoms with Crippen LogP contribution in [0, 0.1) is 0 Å². The van der Waals surface area contributed by atoms with Crippen molar-refractivity contribution in [1.29, 1.82) is 0 Å². The summed E-state index contributed by atoms with van der Waals surface area (Å²) in [5.74, 6) is 0.929. The number of rotatable bonds is 8. The Hall–Kier alpha value is -0.540. The fourth-order valence-corrected chi connectivity index (χ4v) is 2.21. The first-order valence-electron chi connectivity index (χ1n) is 6.60. The summed E-state index contributed by atoms with van der Waals surface area (Å²) in [6, 6.07) is 8.99. The lowest BCUT2D eigenvalue weighted by Crippen LogP contribution is -2.33. The molecule has 1 rings (SSSR count). The molecule has 0 aliphatic rings. The van der Waals surface area contributed by atoms with E-state index in [9.17, 15) is 0 Å². The van der Waals surface area contributed by atoms with Gasteiger partial charge in [0.2, 0.25) is 0 Å². The number of halogens is 1. The number of methoxy groups -OCH3 is 1. The first-order valence-corrected chi connectivity index (χ1v) is 7.72. The minimum atomic E-state index is 0.613. The molecule has 0 unspecified atom stereocenters. The molecule has 2 nitrogen and oxygen atoms in total. The second-order valence-corrected chi connectivity index (χ2v) is 5.56. The van der Waals surface area contributed by atoms with Crippen LogP contribution in [0.25, 0.3) is 0 Å². The molecule has 0 aliphatic carbocycles. The number of nitrogens with zero attached hydrogens (tertiary/aromatic N) is 1. The van der Waals surface area contributed by atoms with Crippen molar-refractivity contribution in [3.63, 3.8) is 0 Å². The van der Waals surface area contributed by atoms with Gasteiger partial charge in [-0.3, -0.25) is 0 Å². The molecule has 0 saturated heterocycles. The van der Waals surface area contributed by atoms with E-state index in [4.69, 9.17) is 4.74 Å². The lowest BCUT2D eigenvalue weighted by Gasteiger charge is -2.26. The van der Waals surface area contributed by atoms with Gasteiger partial charge in [-0.05, 0) is 50.9 Å². The summed E-state index contributed by atoms with van der Waals surface area (Å²) in [6.45, 7) is 6.82. The van der Waals surface area contributed by atoms with Gasteiger partial charge in [0, 0.05) is 17.9 Å². The van der Waals surface area contributed by atoms with E-state index in [0.29, 0.717) is 6.04 Å². The van der Waals surface area contributed by atoms with Crippen LogP contribution in [0.4, 0.5) is 0 Å². The Labute approximate surface area is 119 Å². The highest BCUT2D eigenvalue weighted by Crippen LogP contribution is 2.12. The third-order valence-corrected chi connectivity index (χ3v) is 3.72. The zero-order chi connectivity index (χ0) is 13.4. The summed E-state index contributed by atoms with van der Waals surface area (Å²) >= 11 is 3.50. The molecule has 0 saturated carbocycles. The van der Waals surface area contributed by atoms with Crippen molar-refractivity contribution < 1.29 is 4.74 Å². The molecule has 0 aliphatic heterocycles. The van der Waals surface area contributed by atoms with Gasteiger partial charge in [0.1, 0.15) is 5.75 Å². The standard InChI is InChI=1S/C15H24BrNO/c1-13(2)17(11-4-10-16)12-9-14-5-7-15(18-3)8-6-14/h5-8,13H,4,9-12H2,1-3H3. The summed E-state index contributed by atoms with van der Waals surface area (Å²) in [5.41, 5.74) is 1.38. The normalized spacial score (nSPS) is 11.2. The highest BCUT2D eigenvalue weighted by molar-refractivity contribution is 9.09. The largest absolute Gasteiger partial charge is 0.497 e. The van der Waals surface area contributed by atoms with E-state index in [2.05, 4.69) is 46.8 Å². The molecule has 0 spiro atoms. The summed E-state index contributed by atoms with van der Waals surface area (Å²) in [5, 5.41) is 1.08. The highest BCUT2D eigenvalue weighted by atomic mass is 79.9. The Bertz CT molecular complexity index is 324. The topological polar surface area (TPSA) is 12.5 Å². The predicted molar refractivity (Wildman–Crippen MR) is 81.8 cm³/mol. The first kappa shape index (κ1) is 15.5. The minimum absolute atomic E-state index is 0.613. The summed E-state index contributed by atoms with van der Waals surface area (Å²) in [6.07, 6.45) is 2.31. The molecule has 0 bridgehead atoms. The van der Waals surface area contributed by atoms with Gasteiger partial charge in [0.15, 0.2) is 0 Å². The van der Waals surface area contributed by atoms with Crippen LogP contribution in [-0.4, -0.2) is 36.5 Å². The van der Waals surface area contributed by atoms with Gasteiger partial charge in [-0.15, -0.1) is 0 Å². The Morgan fingerprint density at radius 2 is 1.83 bits per heavy atom. The Morgan fingerprint density at radius 3 is 2.33 bits per heavy atom. The molecule has 3 heteroatoms. The molecule has 18 heavy (non-hydrogen) atoms. The van der Waals surface area contributed by atoms with Crippen molar-refractivity contribution in [1.82, 2.24) is 4.90 Å². The van der Waals surface area contributed by atoms with E-state index in [1.165, 1.54) is 18.5 Å². The molecule has 0 radical (unpaired) electrons. The van der Waals surface area contributed by atoms with E-state index in [0.717, 1.165) is 24.0 Å². The van der Waals surface area contributed by atoms with Crippen molar-refractivity contribution in [2.45, 2.75) is 32.7 Å². The highest BCUT2D eigenvalue weighted by Gasteiger charge is 2.08. The monoisotopic (exact) mass is 313 g/mol. The van der Waals surface area contributed by atoms with Crippen molar-refractivity contribution in [2.24, 2.45) is 0 Å².